The predicted molar refractivity (Wildman–Crippen MR) is 109 cm³/mol. The first kappa shape index (κ1) is 20.3. The predicted octanol–water partition coefficient (Wildman–Crippen LogP) is 3.63. The Kier molecular flexibility index (Phi) is 6.41. The van der Waals surface area contributed by atoms with Crippen LogP contribution < -0.4 is 10.6 Å². The summed E-state index contributed by atoms with van der Waals surface area (Å²) >= 11 is 6.04. The highest BCUT2D eigenvalue weighted by Crippen LogP contribution is 2.25. The molecule has 8 heteroatoms. The summed E-state index contributed by atoms with van der Waals surface area (Å²) in [4.78, 5) is 41.5. The molecule has 3 aromatic rings. The maximum Gasteiger partial charge on any atom is 0.340 e. The minimum Gasteiger partial charge on any atom is -0.444 e. The van der Waals surface area contributed by atoms with E-state index in [4.69, 9.17) is 16.3 Å². The first-order valence-corrected chi connectivity index (χ1v) is 9.27. The van der Waals surface area contributed by atoms with Crippen molar-refractivity contribution in [1.82, 2.24) is 15.6 Å². The number of fused-ring (bicyclic) bond motifs is 1. The third-order valence-electron chi connectivity index (χ3n) is 4.04. The third-order valence-corrected chi connectivity index (χ3v) is 4.24. The number of hydrogen-bond donors (Lipinski definition) is 2. The number of aromatic nitrogens is 1. The largest absolute Gasteiger partial charge is 0.444 e. The molecule has 0 unspecified atom stereocenters. The minimum absolute atomic E-state index is 0.124. The number of pyridine rings is 1. The molecule has 1 aromatic heterocycles. The minimum atomic E-state index is -1.32. The van der Waals surface area contributed by atoms with Crippen LogP contribution in [0.3, 0.4) is 0 Å². The second-order valence-corrected chi connectivity index (χ2v) is 6.44. The van der Waals surface area contributed by atoms with E-state index >= 15 is 0 Å². The first-order valence-electron chi connectivity index (χ1n) is 8.89. The molecule has 2 aromatic carbocycles. The van der Waals surface area contributed by atoms with E-state index in [9.17, 15) is 14.4 Å². The molecule has 1 atom stereocenters. The fraction of sp³-hybridized carbons (Fsp3) is 0.143. The van der Waals surface area contributed by atoms with Gasteiger partial charge in [-0.2, -0.15) is 0 Å². The number of esters is 1. The van der Waals surface area contributed by atoms with E-state index in [0.717, 1.165) is 0 Å². The SMILES string of the molecule is CCNC(=O)NC(=O)[C@@H](OC(=O)c1cc(Cl)nc2ccccc12)c1ccccc1. The van der Waals surface area contributed by atoms with Crippen LogP contribution in [-0.4, -0.2) is 29.4 Å². The van der Waals surface area contributed by atoms with E-state index in [1.807, 2.05) is 0 Å². The second-order valence-electron chi connectivity index (χ2n) is 6.05. The monoisotopic (exact) mass is 411 g/mol. The highest BCUT2D eigenvalue weighted by atomic mass is 35.5. The van der Waals surface area contributed by atoms with Gasteiger partial charge in [-0.25, -0.2) is 14.6 Å². The van der Waals surface area contributed by atoms with E-state index in [-0.39, 0.29) is 10.7 Å². The van der Waals surface area contributed by atoms with Crippen molar-refractivity contribution in [1.29, 1.82) is 0 Å². The third kappa shape index (κ3) is 4.89. The molecule has 0 saturated carbocycles. The molecule has 0 saturated heterocycles. The number of hydrogen-bond acceptors (Lipinski definition) is 5. The molecule has 0 aliphatic carbocycles. The van der Waals surface area contributed by atoms with Crippen LogP contribution in [0.1, 0.15) is 28.9 Å². The van der Waals surface area contributed by atoms with Crippen LogP contribution in [-0.2, 0) is 9.53 Å². The normalized spacial score (nSPS) is 11.5. The number of carbonyl (C=O) groups is 3. The lowest BCUT2D eigenvalue weighted by Gasteiger charge is -2.18. The van der Waals surface area contributed by atoms with Gasteiger partial charge in [0.2, 0.25) is 6.10 Å². The highest BCUT2D eigenvalue weighted by molar-refractivity contribution is 6.30. The van der Waals surface area contributed by atoms with Crippen LogP contribution in [0.5, 0.6) is 0 Å². The molecule has 0 spiro atoms. The van der Waals surface area contributed by atoms with Crippen LogP contribution in [0, 0.1) is 0 Å². The van der Waals surface area contributed by atoms with Gasteiger partial charge in [0.05, 0.1) is 11.1 Å². The summed E-state index contributed by atoms with van der Waals surface area (Å²) in [6, 6.07) is 16.1. The standard InChI is InChI=1S/C21H18ClN3O4/c1-2-23-21(28)25-19(26)18(13-8-4-3-5-9-13)29-20(27)15-12-17(22)24-16-11-7-6-10-14(15)16/h3-12,18H,2H2,1H3,(H2,23,25,26,28)/t18-/m0/s1. The van der Waals surface area contributed by atoms with Crippen LogP contribution >= 0.6 is 11.6 Å². The summed E-state index contributed by atoms with van der Waals surface area (Å²) in [6.45, 7) is 2.06. The van der Waals surface area contributed by atoms with Crippen molar-refractivity contribution in [3.05, 3.63) is 76.9 Å². The zero-order valence-corrected chi connectivity index (χ0v) is 16.3. The molecule has 0 aliphatic rings. The number of para-hydroxylation sites is 1. The van der Waals surface area contributed by atoms with Gasteiger partial charge in [0.25, 0.3) is 5.91 Å². The van der Waals surface area contributed by atoms with Crippen LogP contribution in [0.4, 0.5) is 4.79 Å². The van der Waals surface area contributed by atoms with Gasteiger partial charge in [0.1, 0.15) is 5.15 Å². The molecule has 0 bridgehead atoms. The summed E-state index contributed by atoms with van der Waals surface area (Å²) in [7, 11) is 0. The summed E-state index contributed by atoms with van der Waals surface area (Å²) in [6.07, 6.45) is -1.32. The maximum atomic E-state index is 12.9. The molecule has 1 heterocycles. The quantitative estimate of drug-likeness (QED) is 0.493. The Morgan fingerprint density at radius 1 is 1.07 bits per heavy atom. The number of amides is 3. The van der Waals surface area contributed by atoms with Gasteiger partial charge in [-0.15, -0.1) is 0 Å². The average molecular weight is 412 g/mol. The fourth-order valence-corrected chi connectivity index (χ4v) is 2.97. The summed E-state index contributed by atoms with van der Waals surface area (Å²) in [5, 5.41) is 5.31. The number of ether oxygens (including phenoxy) is 1. The number of nitrogens with one attached hydrogen (secondary N) is 2. The van der Waals surface area contributed by atoms with Crippen molar-refractivity contribution in [3.8, 4) is 0 Å². The fourth-order valence-electron chi connectivity index (χ4n) is 2.77. The van der Waals surface area contributed by atoms with Crippen molar-refractivity contribution in [3.63, 3.8) is 0 Å². The lowest BCUT2D eigenvalue weighted by atomic mass is 10.1. The molecule has 29 heavy (non-hydrogen) atoms. The lowest BCUT2D eigenvalue weighted by Crippen LogP contribution is -2.42. The topological polar surface area (TPSA) is 97.4 Å². The second kappa shape index (κ2) is 9.16. The summed E-state index contributed by atoms with van der Waals surface area (Å²) in [5.41, 5.74) is 1.12. The number of imide groups is 1. The molecule has 148 valence electrons. The number of rotatable bonds is 5. The van der Waals surface area contributed by atoms with Gasteiger partial charge in [0, 0.05) is 17.5 Å². The van der Waals surface area contributed by atoms with E-state index < -0.39 is 24.0 Å². The lowest BCUT2D eigenvalue weighted by molar-refractivity contribution is -0.129. The summed E-state index contributed by atoms with van der Waals surface area (Å²) in [5.74, 6) is -1.52. The number of urea groups is 1. The number of halogens is 1. The van der Waals surface area contributed by atoms with Crippen molar-refractivity contribution in [2.75, 3.05) is 6.54 Å². The maximum absolute atomic E-state index is 12.9. The molecule has 2 N–H and O–H groups in total. The molecule has 3 rings (SSSR count). The molecule has 0 aliphatic heterocycles. The van der Waals surface area contributed by atoms with Crippen LogP contribution in [0.25, 0.3) is 10.9 Å². The van der Waals surface area contributed by atoms with E-state index in [0.29, 0.717) is 23.0 Å². The van der Waals surface area contributed by atoms with E-state index in [2.05, 4.69) is 15.6 Å². The molecular weight excluding hydrogens is 394 g/mol. The zero-order chi connectivity index (χ0) is 20.8. The average Bonchev–Trinajstić information content (AvgIpc) is 2.71. The van der Waals surface area contributed by atoms with Gasteiger partial charge in [0.15, 0.2) is 0 Å². The zero-order valence-electron chi connectivity index (χ0n) is 15.5. The van der Waals surface area contributed by atoms with Crippen LogP contribution in [0.15, 0.2) is 60.7 Å². The number of nitrogens with zero attached hydrogens (tertiary/aromatic N) is 1. The Balaban J connectivity index is 1.93. The molecule has 7 nitrogen and oxygen atoms in total. The number of benzene rings is 2. The molecule has 0 fully saturated rings. The number of carbonyl (C=O) groups excluding carboxylic acids is 3. The Labute approximate surface area is 172 Å². The van der Waals surface area contributed by atoms with Gasteiger partial charge in [-0.05, 0) is 19.1 Å². The Morgan fingerprint density at radius 3 is 2.48 bits per heavy atom. The van der Waals surface area contributed by atoms with Crippen LogP contribution in [0.2, 0.25) is 5.15 Å². The highest BCUT2D eigenvalue weighted by Gasteiger charge is 2.28. The van der Waals surface area contributed by atoms with Crippen molar-refractivity contribution < 1.29 is 19.1 Å². The van der Waals surface area contributed by atoms with Gasteiger partial charge >= 0.3 is 12.0 Å². The van der Waals surface area contributed by atoms with E-state index in [1.54, 1.807) is 61.5 Å². The molecule has 3 amide bonds. The Morgan fingerprint density at radius 2 is 1.76 bits per heavy atom. The van der Waals surface area contributed by atoms with Gasteiger partial charge in [-0.3, -0.25) is 10.1 Å². The van der Waals surface area contributed by atoms with Crippen molar-refractivity contribution in [2.45, 2.75) is 13.0 Å². The smallest absolute Gasteiger partial charge is 0.340 e. The van der Waals surface area contributed by atoms with Crippen molar-refractivity contribution in [2.24, 2.45) is 0 Å². The molecule has 0 radical (unpaired) electrons. The van der Waals surface area contributed by atoms with Crippen molar-refractivity contribution >= 4 is 40.4 Å². The molecular formula is C21H18ClN3O4. The Bertz CT molecular complexity index is 1060. The first-order chi connectivity index (χ1) is 14.0. The Hall–Kier alpha value is -3.45. The van der Waals surface area contributed by atoms with E-state index in [1.165, 1.54) is 6.07 Å². The summed E-state index contributed by atoms with van der Waals surface area (Å²) < 4.78 is 5.51. The van der Waals surface area contributed by atoms with Gasteiger partial charge in [-0.1, -0.05) is 60.1 Å². The van der Waals surface area contributed by atoms with Gasteiger partial charge < -0.3 is 10.1 Å².